The van der Waals surface area contributed by atoms with Crippen LogP contribution in [0.5, 0.6) is 0 Å². The lowest BCUT2D eigenvalue weighted by Gasteiger charge is -2.23. The van der Waals surface area contributed by atoms with Crippen LogP contribution in [0.25, 0.3) is 0 Å². The molecule has 2 nitrogen and oxygen atoms in total. The van der Waals surface area contributed by atoms with E-state index in [4.69, 9.17) is 5.73 Å². The largest absolute Gasteiger partial charge is 0.316 e. The Hall–Kier alpha value is -0.0800. The zero-order valence-electron chi connectivity index (χ0n) is 6.72. The van der Waals surface area contributed by atoms with E-state index < -0.39 is 0 Å². The van der Waals surface area contributed by atoms with Crippen LogP contribution in [0.4, 0.5) is 0 Å². The summed E-state index contributed by atoms with van der Waals surface area (Å²) >= 11 is 0. The third-order valence-corrected chi connectivity index (χ3v) is 1.49. The van der Waals surface area contributed by atoms with Crippen LogP contribution in [-0.2, 0) is 0 Å². The number of hydrogen-bond donors (Lipinski definition) is 1. The van der Waals surface area contributed by atoms with Crippen LogP contribution < -0.4 is 5.73 Å². The van der Waals surface area contributed by atoms with E-state index in [0.717, 1.165) is 13.1 Å². The van der Waals surface area contributed by atoms with Crippen molar-refractivity contribution in [1.29, 1.82) is 0 Å². The maximum Gasteiger partial charge on any atom is 0.0542 e. The lowest BCUT2D eigenvalue weighted by atomic mass is 10.4. The van der Waals surface area contributed by atoms with Crippen LogP contribution in [0.1, 0.15) is 27.2 Å². The predicted molar refractivity (Wildman–Crippen MR) is 41.2 cm³/mol. The minimum absolute atomic E-state index is 0.218. The average Bonchev–Trinajstić information content (AvgIpc) is 1.82. The molecule has 0 aromatic rings. The van der Waals surface area contributed by atoms with Crippen molar-refractivity contribution < 1.29 is 0 Å². The molecule has 56 valence electrons. The van der Waals surface area contributed by atoms with Gasteiger partial charge in [0.1, 0.15) is 0 Å². The van der Waals surface area contributed by atoms with Crippen molar-refractivity contribution >= 4 is 0 Å². The second-order valence-corrected chi connectivity index (χ2v) is 2.37. The Bertz CT molecular complexity index is 61.9. The van der Waals surface area contributed by atoms with Crippen molar-refractivity contribution in [2.24, 2.45) is 5.73 Å². The molecule has 0 amide bonds. The molecule has 0 aromatic heterocycles. The fourth-order valence-electron chi connectivity index (χ4n) is 0.937. The van der Waals surface area contributed by atoms with E-state index in [2.05, 4.69) is 18.7 Å². The average molecular weight is 130 g/mol. The number of rotatable bonds is 4. The van der Waals surface area contributed by atoms with Gasteiger partial charge < -0.3 is 5.73 Å². The van der Waals surface area contributed by atoms with Crippen molar-refractivity contribution in [3.63, 3.8) is 0 Å². The van der Waals surface area contributed by atoms with Crippen LogP contribution in [0.3, 0.4) is 0 Å². The summed E-state index contributed by atoms with van der Waals surface area (Å²) in [5.74, 6) is 0. The molecule has 0 saturated carbocycles. The lowest BCUT2D eigenvalue weighted by molar-refractivity contribution is 0.225. The summed E-state index contributed by atoms with van der Waals surface area (Å²) in [5.41, 5.74) is 5.66. The molecule has 0 aliphatic carbocycles. The van der Waals surface area contributed by atoms with E-state index in [-0.39, 0.29) is 6.17 Å². The van der Waals surface area contributed by atoms with E-state index in [1.807, 2.05) is 6.92 Å². The summed E-state index contributed by atoms with van der Waals surface area (Å²) < 4.78 is 0. The van der Waals surface area contributed by atoms with E-state index in [0.29, 0.717) is 0 Å². The Morgan fingerprint density at radius 1 is 1.44 bits per heavy atom. The van der Waals surface area contributed by atoms with Gasteiger partial charge in [0.25, 0.3) is 0 Å². The summed E-state index contributed by atoms with van der Waals surface area (Å²) in [6.07, 6.45) is 1.41. The van der Waals surface area contributed by atoms with Gasteiger partial charge in [-0.3, -0.25) is 4.90 Å². The summed E-state index contributed by atoms with van der Waals surface area (Å²) in [7, 11) is 0. The summed E-state index contributed by atoms with van der Waals surface area (Å²) in [5, 5.41) is 0. The second kappa shape index (κ2) is 4.77. The van der Waals surface area contributed by atoms with Crippen LogP contribution in [-0.4, -0.2) is 24.2 Å². The Kier molecular flexibility index (Phi) is 4.72. The molecule has 0 saturated heterocycles. The Morgan fingerprint density at radius 3 is 2.11 bits per heavy atom. The van der Waals surface area contributed by atoms with E-state index in [1.54, 1.807) is 0 Å². The van der Waals surface area contributed by atoms with Crippen molar-refractivity contribution in [1.82, 2.24) is 4.90 Å². The van der Waals surface area contributed by atoms with Crippen molar-refractivity contribution in [2.45, 2.75) is 33.4 Å². The highest BCUT2D eigenvalue weighted by Crippen LogP contribution is 1.92. The van der Waals surface area contributed by atoms with Gasteiger partial charge in [-0.1, -0.05) is 13.8 Å². The van der Waals surface area contributed by atoms with Crippen molar-refractivity contribution in [3.05, 3.63) is 0 Å². The van der Waals surface area contributed by atoms with E-state index in [1.165, 1.54) is 6.42 Å². The lowest BCUT2D eigenvalue weighted by Crippen LogP contribution is -2.39. The normalized spacial score (nSPS) is 14.3. The fourth-order valence-corrected chi connectivity index (χ4v) is 0.937. The molecule has 0 fully saturated rings. The molecule has 0 rings (SSSR count). The quantitative estimate of drug-likeness (QED) is 0.576. The molecule has 2 N–H and O–H groups in total. The maximum absolute atomic E-state index is 5.66. The summed E-state index contributed by atoms with van der Waals surface area (Å²) in [4.78, 5) is 2.25. The highest BCUT2D eigenvalue weighted by atomic mass is 15.2. The van der Waals surface area contributed by atoms with E-state index >= 15 is 0 Å². The van der Waals surface area contributed by atoms with Crippen LogP contribution in [0, 0.1) is 0 Å². The first kappa shape index (κ1) is 8.92. The van der Waals surface area contributed by atoms with Crippen LogP contribution in [0.2, 0.25) is 0 Å². The molecule has 1 atom stereocenters. The van der Waals surface area contributed by atoms with E-state index in [9.17, 15) is 0 Å². The molecule has 9 heavy (non-hydrogen) atoms. The van der Waals surface area contributed by atoms with Gasteiger partial charge >= 0.3 is 0 Å². The van der Waals surface area contributed by atoms with Gasteiger partial charge in [-0.25, -0.2) is 0 Å². The zero-order valence-corrected chi connectivity index (χ0v) is 6.72. The summed E-state index contributed by atoms with van der Waals surface area (Å²) in [6.45, 7) is 8.52. The smallest absolute Gasteiger partial charge is 0.0542 e. The molecule has 0 aliphatic heterocycles. The Labute approximate surface area is 58.0 Å². The molecular formula is C7H18N2. The maximum atomic E-state index is 5.66. The first-order chi connectivity index (χ1) is 4.22. The SMILES string of the molecule is CCCN(CC)C(C)N. The van der Waals surface area contributed by atoms with Crippen molar-refractivity contribution in [2.75, 3.05) is 13.1 Å². The second-order valence-electron chi connectivity index (χ2n) is 2.37. The van der Waals surface area contributed by atoms with Gasteiger partial charge in [0.2, 0.25) is 0 Å². The first-order valence-corrected chi connectivity index (χ1v) is 3.72. The fraction of sp³-hybridized carbons (Fsp3) is 1.00. The number of nitrogens with two attached hydrogens (primary N) is 1. The minimum atomic E-state index is 0.218. The first-order valence-electron chi connectivity index (χ1n) is 3.72. The third-order valence-electron chi connectivity index (χ3n) is 1.49. The molecule has 0 bridgehead atoms. The molecule has 2 heteroatoms. The number of nitrogens with zero attached hydrogens (tertiary/aromatic N) is 1. The molecule has 0 aromatic carbocycles. The molecular weight excluding hydrogens is 112 g/mol. The van der Waals surface area contributed by atoms with Gasteiger partial charge in [0.05, 0.1) is 6.17 Å². The van der Waals surface area contributed by atoms with Crippen LogP contribution in [0.15, 0.2) is 0 Å². The zero-order chi connectivity index (χ0) is 7.28. The monoisotopic (exact) mass is 130 g/mol. The van der Waals surface area contributed by atoms with Gasteiger partial charge in [0, 0.05) is 0 Å². The third kappa shape index (κ3) is 3.49. The molecule has 0 heterocycles. The van der Waals surface area contributed by atoms with Crippen LogP contribution >= 0.6 is 0 Å². The predicted octanol–water partition coefficient (Wildman–Crippen LogP) is 1.02. The van der Waals surface area contributed by atoms with Gasteiger partial charge in [-0.2, -0.15) is 0 Å². The highest BCUT2D eigenvalue weighted by molar-refractivity contribution is 4.56. The standard InChI is InChI=1S/C7H18N2/c1-4-6-9(5-2)7(3)8/h7H,4-6,8H2,1-3H3. The summed E-state index contributed by atoms with van der Waals surface area (Å²) in [6, 6.07) is 0. The van der Waals surface area contributed by atoms with Gasteiger partial charge in [-0.15, -0.1) is 0 Å². The van der Waals surface area contributed by atoms with Crippen molar-refractivity contribution in [3.8, 4) is 0 Å². The van der Waals surface area contributed by atoms with Gasteiger partial charge in [0.15, 0.2) is 0 Å². The molecule has 0 aliphatic rings. The Morgan fingerprint density at radius 2 is 2.00 bits per heavy atom. The molecule has 0 spiro atoms. The molecule has 1 unspecified atom stereocenters. The topological polar surface area (TPSA) is 29.3 Å². The minimum Gasteiger partial charge on any atom is -0.316 e. The highest BCUT2D eigenvalue weighted by Gasteiger charge is 2.03. The van der Waals surface area contributed by atoms with Gasteiger partial charge in [-0.05, 0) is 26.4 Å². The molecule has 0 radical (unpaired) electrons. The number of hydrogen-bond acceptors (Lipinski definition) is 2. The Balaban J connectivity index is 3.41.